The molecule has 0 saturated carbocycles. The van der Waals surface area contributed by atoms with Gasteiger partial charge in [0.2, 0.25) is 0 Å². The van der Waals surface area contributed by atoms with Gasteiger partial charge in [0.05, 0.1) is 6.61 Å². The third-order valence-corrected chi connectivity index (χ3v) is 2.97. The Morgan fingerprint density at radius 2 is 2.47 bits per heavy atom. The smallest absolute Gasteiger partial charge is 0.349 e. The van der Waals surface area contributed by atoms with Gasteiger partial charge < -0.3 is 15.6 Å². The first-order chi connectivity index (χ1) is 8.11. The summed E-state index contributed by atoms with van der Waals surface area (Å²) in [4.78, 5) is 15.2. The number of nitrogens with zero attached hydrogens (tertiary/aromatic N) is 2. The van der Waals surface area contributed by atoms with Gasteiger partial charge in [0.25, 0.3) is 0 Å². The minimum Gasteiger partial charge on any atom is -0.495 e. The molecule has 1 aliphatic heterocycles. The van der Waals surface area contributed by atoms with Crippen LogP contribution in [0.3, 0.4) is 0 Å². The first-order valence-corrected chi connectivity index (χ1v) is 5.38. The Bertz CT molecular complexity index is 507. The molecule has 3 N–H and O–H groups in total. The number of aromatic nitrogens is 2. The Morgan fingerprint density at radius 3 is 3.06 bits per heavy atom. The normalized spacial score (nSPS) is 19.5. The van der Waals surface area contributed by atoms with Crippen molar-refractivity contribution in [2.75, 3.05) is 18.9 Å². The van der Waals surface area contributed by atoms with Crippen LogP contribution in [0.2, 0.25) is 0 Å². The van der Waals surface area contributed by atoms with Crippen molar-refractivity contribution in [3.63, 3.8) is 0 Å². The minimum atomic E-state index is -0.366. The molecule has 1 aliphatic rings. The predicted octanol–water partition coefficient (Wildman–Crippen LogP) is -0.262. The number of anilines is 1. The molecule has 2 rings (SSSR count). The summed E-state index contributed by atoms with van der Waals surface area (Å²) in [5.41, 5.74) is 6.03. The zero-order valence-corrected chi connectivity index (χ0v) is 9.59. The van der Waals surface area contributed by atoms with Crippen LogP contribution in [0.5, 0.6) is 0 Å². The van der Waals surface area contributed by atoms with E-state index < -0.39 is 0 Å². The van der Waals surface area contributed by atoms with Crippen LogP contribution in [0.1, 0.15) is 6.92 Å². The molecule has 1 aromatic heterocycles. The molecular weight excluding hydrogens is 222 g/mol. The van der Waals surface area contributed by atoms with Crippen molar-refractivity contribution in [2.45, 2.75) is 13.5 Å². The van der Waals surface area contributed by atoms with Crippen LogP contribution in [0, 0.1) is 5.92 Å². The molecule has 0 saturated heterocycles. The Morgan fingerprint density at radius 1 is 1.71 bits per heavy atom. The molecule has 0 fully saturated rings. The van der Waals surface area contributed by atoms with Gasteiger partial charge in [-0.1, -0.05) is 0 Å². The van der Waals surface area contributed by atoms with Crippen LogP contribution >= 0.6 is 0 Å². The summed E-state index contributed by atoms with van der Waals surface area (Å²) in [7, 11) is 0. The number of nitrogens with two attached hydrogens (primary N) is 1. The standard InChI is InChI=1S/C11H15N3O3/c1-7-8(6-17-9(7)5-15)4-14-3-2-10(12)13-11(14)16/h2-3,8,15H,4-6H2,1H3,(H2,12,13,16). The summed E-state index contributed by atoms with van der Waals surface area (Å²) in [6.45, 7) is 2.77. The summed E-state index contributed by atoms with van der Waals surface area (Å²) in [5.74, 6) is 0.920. The third-order valence-electron chi connectivity index (χ3n) is 2.97. The van der Waals surface area contributed by atoms with E-state index in [1.165, 1.54) is 4.57 Å². The van der Waals surface area contributed by atoms with Gasteiger partial charge in [0.1, 0.15) is 18.2 Å². The van der Waals surface area contributed by atoms with Gasteiger partial charge in [-0.3, -0.25) is 4.57 Å². The van der Waals surface area contributed by atoms with Crippen molar-refractivity contribution in [1.82, 2.24) is 9.55 Å². The molecule has 92 valence electrons. The van der Waals surface area contributed by atoms with Crippen molar-refractivity contribution in [1.29, 1.82) is 0 Å². The van der Waals surface area contributed by atoms with Crippen LogP contribution in [0.4, 0.5) is 5.82 Å². The lowest BCUT2D eigenvalue weighted by molar-refractivity contribution is 0.167. The monoisotopic (exact) mass is 237 g/mol. The summed E-state index contributed by atoms with van der Waals surface area (Å²) >= 11 is 0. The Balaban J connectivity index is 2.18. The van der Waals surface area contributed by atoms with Crippen LogP contribution in [0.15, 0.2) is 28.4 Å². The van der Waals surface area contributed by atoms with Gasteiger partial charge in [0, 0.05) is 18.7 Å². The molecule has 6 nitrogen and oxygen atoms in total. The predicted molar refractivity (Wildman–Crippen MR) is 62.1 cm³/mol. The molecule has 0 bridgehead atoms. The summed E-state index contributed by atoms with van der Waals surface area (Å²) < 4.78 is 6.83. The molecule has 0 spiro atoms. The Hall–Kier alpha value is -1.82. The first-order valence-electron chi connectivity index (χ1n) is 5.38. The second-order valence-corrected chi connectivity index (χ2v) is 4.06. The Labute approximate surface area is 98.3 Å². The van der Waals surface area contributed by atoms with Gasteiger partial charge in [-0.05, 0) is 18.6 Å². The van der Waals surface area contributed by atoms with E-state index in [2.05, 4.69) is 4.98 Å². The zero-order valence-electron chi connectivity index (χ0n) is 9.59. The highest BCUT2D eigenvalue weighted by atomic mass is 16.5. The number of hydrogen-bond acceptors (Lipinski definition) is 5. The lowest BCUT2D eigenvalue weighted by Gasteiger charge is -2.11. The molecule has 17 heavy (non-hydrogen) atoms. The highest BCUT2D eigenvalue weighted by molar-refractivity contribution is 5.23. The number of rotatable bonds is 3. The lowest BCUT2D eigenvalue weighted by atomic mass is 10.0. The number of aliphatic hydroxyl groups excluding tert-OH is 1. The van der Waals surface area contributed by atoms with Gasteiger partial charge in [-0.15, -0.1) is 0 Å². The van der Waals surface area contributed by atoms with Crippen molar-refractivity contribution < 1.29 is 9.84 Å². The van der Waals surface area contributed by atoms with Gasteiger partial charge in [0.15, 0.2) is 0 Å². The van der Waals surface area contributed by atoms with E-state index in [4.69, 9.17) is 15.6 Å². The van der Waals surface area contributed by atoms with Crippen molar-refractivity contribution >= 4 is 5.82 Å². The third kappa shape index (κ3) is 2.31. The van der Waals surface area contributed by atoms with Crippen LogP contribution in [-0.4, -0.2) is 27.9 Å². The summed E-state index contributed by atoms with van der Waals surface area (Å²) in [6.07, 6.45) is 1.62. The van der Waals surface area contributed by atoms with Gasteiger partial charge >= 0.3 is 5.69 Å². The average Bonchev–Trinajstić information content (AvgIpc) is 2.64. The average molecular weight is 237 g/mol. The van der Waals surface area contributed by atoms with Crippen LogP contribution < -0.4 is 11.4 Å². The van der Waals surface area contributed by atoms with E-state index >= 15 is 0 Å². The number of ether oxygens (including phenoxy) is 1. The van der Waals surface area contributed by atoms with Crippen molar-refractivity contribution in [2.24, 2.45) is 5.92 Å². The van der Waals surface area contributed by atoms with E-state index in [1.807, 2.05) is 6.92 Å². The molecule has 1 unspecified atom stereocenters. The quantitative estimate of drug-likeness (QED) is 0.755. The lowest BCUT2D eigenvalue weighted by Crippen LogP contribution is -2.27. The largest absolute Gasteiger partial charge is 0.495 e. The highest BCUT2D eigenvalue weighted by Gasteiger charge is 2.24. The maximum absolute atomic E-state index is 11.6. The maximum atomic E-state index is 11.6. The molecule has 0 aromatic carbocycles. The highest BCUT2D eigenvalue weighted by Crippen LogP contribution is 2.25. The molecule has 1 aromatic rings. The van der Waals surface area contributed by atoms with Crippen LogP contribution in [0.25, 0.3) is 0 Å². The van der Waals surface area contributed by atoms with Gasteiger partial charge in [-0.2, -0.15) is 4.98 Å². The van der Waals surface area contributed by atoms with Gasteiger partial charge in [-0.25, -0.2) is 4.79 Å². The second-order valence-electron chi connectivity index (χ2n) is 4.06. The van der Waals surface area contributed by atoms with E-state index in [0.717, 1.165) is 5.57 Å². The molecular formula is C11H15N3O3. The van der Waals surface area contributed by atoms with E-state index in [0.29, 0.717) is 18.9 Å². The number of aliphatic hydroxyl groups is 1. The molecule has 1 atom stereocenters. The van der Waals surface area contributed by atoms with E-state index in [9.17, 15) is 4.79 Å². The molecule has 2 heterocycles. The first kappa shape index (κ1) is 11.7. The fourth-order valence-electron chi connectivity index (χ4n) is 1.85. The molecule has 0 radical (unpaired) electrons. The van der Waals surface area contributed by atoms with E-state index in [-0.39, 0.29) is 24.0 Å². The SMILES string of the molecule is CC1=C(CO)OCC1Cn1ccc(N)nc1=O. The second kappa shape index (κ2) is 4.58. The summed E-state index contributed by atoms with van der Waals surface area (Å²) in [6, 6.07) is 1.59. The Kier molecular flexibility index (Phi) is 3.14. The minimum absolute atomic E-state index is 0.0975. The molecule has 6 heteroatoms. The maximum Gasteiger partial charge on any atom is 0.349 e. The fraction of sp³-hybridized carbons (Fsp3) is 0.455. The summed E-state index contributed by atoms with van der Waals surface area (Å²) in [5, 5.41) is 9.03. The zero-order chi connectivity index (χ0) is 12.4. The van der Waals surface area contributed by atoms with Crippen molar-refractivity contribution in [3.8, 4) is 0 Å². The number of hydrogen-bond donors (Lipinski definition) is 2. The van der Waals surface area contributed by atoms with Crippen LogP contribution in [-0.2, 0) is 11.3 Å². The molecule has 0 aliphatic carbocycles. The number of nitrogen functional groups attached to an aromatic ring is 1. The topological polar surface area (TPSA) is 90.4 Å². The fourth-order valence-corrected chi connectivity index (χ4v) is 1.85. The van der Waals surface area contributed by atoms with E-state index in [1.54, 1.807) is 12.3 Å². The molecule has 0 amide bonds. The van der Waals surface area contributed by atoms with Crippen molar-refractivity contribution in [3.05, 3.63) is 34.1 Å².